The Hall–Kier alpha value is 0.250. The summed E-state index contributed by atoms with van der Waals surface area (Å²) in [6, 6.07) is 0. The van der Waals surface area contributed by atoms with Gasteiger partial charge in [0.25, 0.3) is 0 Å². The average molecular weight is 237 g/mol. The van der Waals surface area contributed by atoms with Crippen LogP contribution in [0.15, 0.2) is 0 Å². The molecular formula is C7H12IN. The standard InChI is InChI=1S/C7H12IN/c1-3-4-7(5-9)6(2)8/h6-7H,5,9H2,1-2H3. The van der Waals surface area contributed by atoms with Crippen molar-refractivity contribution in [3.05, 3.63) is 0 Å². The molecule has 9 heavy (non-hydrogen) atoms. The topological polar surface area (TPSA) is 26.0 Å². The van der Waals surface area contributed by atoms with E-state index in [0.717, 1.165) is 0 Å². The Morgan fingerprint density at radius 3 is 2.33 bits per heavy atom. The lowest BCUT2D eigenvalue weighted by Gasteiger charge is -2.08. The van der Waals surface area contributed by atoms with Crippen molar-refractivity contribution in [1.82, 2.24) is 0 Å². The van der Waals surface area contributed by atoms with E-state index < -0.39 is 0 Å². The first-order chi connectivity index (χ1) is 4.22. The molecule has 1 nitrogen and oxygen atoms in total. The fraction of sp³-hybridized carbons (Fsp3) is 0.714. The van der Waals surface area contributed by atoms with Crippen LogP contribution in [0.4, 0.5) is 0 Å². The summed E-state index contributed by atoms with van der Waals surface area (Å²) < 4.78 is 0.556. The Labute approximate surface area is 70.5 Å². The largest absolute Gasteiger partial charge is 0.329 e. The lowest BCUT2D eigenvalue weighted by Crippen LogP contribution is -2.19. The van der Waals surface area contributed by atoms with E-state index in [-0.39, 0.29) is 0 Å². The quantitative estimate of drug-likeness (QED) is 0.438. The van der Waals surface area contributed by atoms with Crippen molar-refractivity contribution < 1.29 is 0 Å². The van der Waals surface area contributed by atoms with Gasteiger partial charge >= 0.3 is 0 Å². The van der Waals surface area contributed by atoms with Crippen LogP contribution in [-0.2, 0) is 0 Å². The zero-order chi connectivity index (χ0) is 7.28. The van der Waals surface area contributed by atoms with Crippen molar-refractivity contribution in [2.75, 3.05) is 6.54 Å². The van der Waals surface area contributed by atoms with E-state index in [9.17, 15) is 0 Å². The Bertz CT molecular complexity index is 121. The van der Waals surface area contributed by atoms with Gasteiger partial charge in [0.15, 0.2) is 0 Å². The molecule has 0 bridgehead atoms. The van der Waals surface area contributed by atoms with E-state index in [1.807, 2.05) is 6.92 Å². The van der Waals surface area contributed by atoms with Crippen LogP contribution in [0.5, 0.6) is 0 Å². The summed E-state index contributed by atoms with van der Waals surface area (Å²) in [5.41, 5.74) is 5.45. The molecule has 0 saturated carbocycles. The van der Waals surface area contributed by atoms with Gasteiger partial charge in [-0.15, -0.1) is 5.92 Å². The summed E-state index contributed by atoms with van der Waals surface area (Å²) in [5, 5.41) is 0. The maximum atomic E-state index is 5.45. The number of hydrogen-bond acceptors (Lipinski definition) is 1. The summed E-state index contributed by atoms with van der Waals surface area (Å²) in [6.45, 7) is 4.65. The van der Waals surface area contributed by atoms with Gasteiger partial charge in [0.05, 0.1) is 0 Å². The maximum absolute atomic E-state index is 5.45. The zero-order valence-corrected chi connectivity index (χ0v) is 7.97. The normalized spacial score (nSPS) is 15.6. The molecule has 2 atom stereocenters. The minimum atomic E-state index is 0.371. The molecule has 0 aliphatic carbocycles. The van der Waals surface area contributed by atoms with Crippen molar-refractivity contribution >= 4 is 22.6 Å². The van der Waals surface area contributed by atoms with Crippen molar-refractivity contribution in [2.45, 2.75) is 17.8 Å². The van der Waals surface area contributed by atoms with Crippen LogP contribution in [0, 0.1) is 17.8 Å². The first kappa shape index (κ1) is 9.25. The summed E-state index contributed by atoms with van der Waals surface area (Å²) >= 11 is 2.35. The molecule has 0 heterocycles. The summed E-state index contributed by atoms with van der Waals surface area (Å²) in [6.07, 6.45) is 0. The smallest absolute Gasteiger partial charge is 0.0440 e. The molecule has 0 aliphatic rings. The van der Waals surface area contributed by atoms with Crippen LogP contribution in [0.2, 0.25) is 0 Å². The second kappa shape index (κ2) is 5.07. The van der Waals surface area contributed by atoms with E-state index in [4.69, 9.17) is 5.73 Å². The Balaban J connectivity index is 3.78. The molecule has 0 amide bonds. The first-order valence-electron chi connectivity index (χ1n) is 2.98. The second-order valence-corrected chi connectivity index (χ2v) is 3.88. The summed E-state index contributed by atoms with van der Waals surface area (Å²) in [7, 11) is 0. The Kier molecular flexibility index (Phi) is 5.21. The van der Waals surface area contributed by atoms with E-state index in [1.165, 1.54) is 0 Å². The third-order valence-electron chi connectivity index (χ3n) is 1.14. The highest BCUT2D eigenvalue weighted by molar-refractivity contribution is 14.1. The molecule has 0 aromatic carbocycles. The second-order valence-electron chi connectivity index (χ2n) is 1.91. The molecule has 2 heteroatoms. The molecular weight excluding hydrogens is 225 g/mol. The van der Waals surface area contributed by atoms with Gasteiger partial charge in [-0.25, -0.2) is 0 Å². The van der Waals surface area contributed by atoms with Crippen molar-refractivity contribution in [3.8, 4) is 11.8 Å². The van der Waals surface area contributed by atoms with Gasteiger partial charge in [0.1, 0.15) is 0 Å². The zero-order valence-electron chi connectivity index (χ0n) is 5.82. The fourth-order valence-electron chi connectivity index (χ4n) is 0.547. The highest BCUT2D eigenvalue weighted by Crippen LogP contribution is 2.09. The van der Waals surface area contributed by atoms with E-state index in [0.29, 0.717) is 16.4 Å². The van der Waals surface area contributed by atoms with Crippen LogP contribution in [0.3, 0.4) is 0 Å². The Morgan fingerprint density at radius 2 is 2.22 bits per heavy atom. The molecule has 0 spiro atoms. The van der Waals surface area contributed by atoms with Crippen LogP contribution < -0.4 is 5.73 Å². The third kappa shape index (κ3) is 3.77. The van der Waals surface area contributed by atoms with Gasteiger partial charge < -0.3 is 5.73 Å². The van der Waals surface area contributed by atoms with Gasteiger partial charge in [-0.3, -0.25) is 0 Å². The molecule has 0 saturated heterocycles. The van der Waals surface area contributed by atoms with E-state index in [1.54, 1.807) is 0 Å². The highest BCUT2D eigenvalue weighted by atomic mass is 127. The molecule has 0 aromatic heterocycles. The SMILES string of the molecule is CC#CC(CN)C(C)I. The lowest BCUT2D eigenvalue weighted by molar-refractivity contribution is 0.695. The number of hydrogen-bond donors (Lipinski definition) is 1. The molecule has 0 aromatic rings. The monoisotopic (exact) mass is 237 g/mol. The summed E-state index contributed by atoms with van der Waals surface area (Å²) in [4.78, 5) is 0. The highest BCUT2D eigenvalue weighted by Gasteiger charge is 2.07. The average Bonchev–Trinajstić information content (AvgIpc) is 1.82. The number of rotatable bonds is 2. The van der Waals surface area contributed by atoms with Crippen molar-refractivity contribution in [3.63, 3.8) is 0 Å². The molecule has 2 unspecified atom stereocenters. The first-order valence-corrected chi connectivity index (χ1v) is 4.23. The molecule has 52 valence electrons. The number of nitrogens with two attached hydrogens (primary N) is 1. The molecule has 0 fully saturated rings. The number of alkyl halides is 1. The van der Waals surface area contributed by atoms with Gasteiger partial charge in [0, 0.05) is 16.4 Å². The molecule has 0 radical (unpaired) electrons. The predicted molar refractivity (Wildman–Crippen MR) is 49.5 cm³/mol. The number of halogens is 1. The fourth-order valence-corrected chi connectivity index (χ4v) is 1.02. The van der Waals surface area contributed by atoms with E-state index >= 15 is 0 Å². The molecule has 2 N–H and O–H groups in total. The molecule has 0 aliphatic heterocycles. The predicted octanol–water partition coefficient (Wildman–Crippen LogP) is 1.41. The minimum absolute atomic E-state index is 0.371. The molecule has 0 rings (SSSR count). The Morgan fingerprint density at radius 1 is 1.67 bits per heavy atom. The van der Waals surface area contributed by atoms with Crippen molar-refractivity contribution in [1.29, 1.82) is 0 Å². The minimum Gasteiger partial charge on any atom is -0.329 e. The van der Waals surface area contributed by atoms with Gasteiger partial charge in [-0.05, 0) is 6.92 Å². The van der Waals surface area contributed by atoms with Crippen LogP contribution in [0.1, 0.15) is 13.8 Å². The van der Waals surface area contributed by atoms with Gasteiger partial charge in [0.2, 0.25) is 0 Å². The van der Waals surface area contributed by atoms with Gasteiger partial charge in [-0.1, -0.05) is 35.4 Å². The van der Waals surface area contributed by atoms with Crippen molar-refractivity contribution in [2.24, 2.45) is 11.7 Å². The maximum Gasteiger partial charge on any atom is 0.0440 e. The van der Waals surface area contributed by atoms with Crippen LogP contribution >= 0.6 is 22.6 Å². The van der Waals surface area contributed by atoms with Crippen LogP contribution in [-0.4, -0.2) is 10.5 Å². The third-order valence-corrected chi connectivity index (χ3v) is 2.01. The van der Waals surface area contributed by atoms with Gasteiger partial charge in [-0.2, -0.15) is 0 Å². The summed E-state index contributed by atoms with van der Waals surface area (Å²) in [5.74, 6) is 6.29. The van der Waals surface area contributed by atoms with E-state index in [2.05, 4.69) is 41.4 Å². The van der Waals surface area contributed by atoms with Crippen LogP contribution in [0.25, 0.3) is 0 Å². The lowest BCUT2D eigenvalue weighted by atomic mass is 10.1.